The first-order chi connectivity index (χ1) is 15.6. The Morgan fingerprint density at radius 2 is 1.75 bits per heavy atom. The molecule has 2 aromatic carbocycles. The highest BCUT2D eigenvalue weighted by atomic mass is 32.1. The number of hydrogen-bond acceptors (Lipinski definition) is 5. The maximum absolute atomic E-state index is 13.4. The van der Waals surface area contributed by atoms with Crippen LogP contribution in [0.2, 0.25) is 0 Å². The second-order valence-electron chi connectivity index (χ2n) is 7.99. The van der Waals surface area contributed by atoms with E-state index >= 15 is 0 Å². The summed E-state index contributed by atoms with van der Waals surface area (Å²) in [4.78, 5) is 19.5. The number of aromatic nitrogens is 2. The number of ether oxygens (including phenoxy) is 1. The smallest absolute Gasteiger partial charge is 0.264 e. The molecule has 0 unspecified atom stereocenters. The van der Waals surface area contributed by atoms with Crippen molar-refractivity contribution >= 4 is 33.1 Å². The molecule has 0 radical (unpaired) electrons. The quantitative estimate of drug-likeness (QED) is 0.454. The molecule has 7 heteroatoms. The summed E-state index contributed by atoms with van der Waals surface area (Å²) >= 11 is 1.53. The first-order valence-electron chi connectivity index (χ1n) is 10.9. The van der Waals surface area contributed by atoms with Gasteiger partial charge >= 0.3 is 0 Å². The molecule has 164 valence electrons. The SMILES string of the molecule is COc1ccc(N2CCCN(C(=O)c3cc4c(C)nn(-c5ccccc5)c4s3)CC2)cc1. The van der Waals surface area contributed by atoms with Crippen LogP contribution < -0.4 is 9.64 Å². The Bertz CT molecular complexity index is 1230. The van der Waals surface area contributed by atoms with E-state index in [1.807, 2.05) is 65.0 Å². The molecule has 1 aliphatic heterocycles. The number of aryl methyl sites for hydroxylation is 1. The van der Waals surface area contributed by atoms with Gasteiger partial charge in [-0.25, -0.2) is 4.68 Å². The number of carbonyl (C=O) groups excluding carboxylic acids is 1. The maximum atomic E-state index is 13.4. The van der Waals surface area contributed by atoms with Crippen molar-refractivity contribution in [3.05, 3.63) is 71.2 Å². The lowest BCUT2D eigenvalue weighted by Crippen LogP contribution is -2.34. The largest absolute Gasteiger partial charge is 0.497 e. The molecule has 5 rings (SSSR count). The van der Waals surface area contributed by atoms with E-state index in [4.69, 9.17) is 9.84 Å². The topological polar surface area (TPSA) is 50.6 Å². The number of rotatable bonds is 4. The molecule has 1 fully saturated rings. The highest BCUT2D eigenvalue weighted by molar-refractivity contribution is 7.20. The molecule has 0 saturated carbocycles. The van der Waals surface area contributed by atoms with Gasteiger partial charge in [-0.05, 0) is 55.8 Å². The molecule has 0 aliphatic carbocycles. The van der Waals surface area contributed by atoms with Gasteiger partial charge in [-0.1, -0.05) is 18.2 Å². The zero-order chi connectivity index (χ0) is 22.1. The zero-order valence-electron chi connectivity index (χ0n) is 18.3. The summed E-state index contributed by atoms with van der Waals surface area (Å²) in [6, 6.07) is 20.2. The number of para-hydroxylation sites is 1. The van der Waals surface area contributed by atoms with Gasteiger partial charge in [0, 0.05) is 37.3 Å². The Labute approximate surface area is 191 Å². The number of nitrogens with zero attached hydrogens (tertiary/aromatic N) is 4. The third-order valence-electron chi connectivity index (χ3n) is 5.98. The van der Waals surface area contributed by atoms with Crippen LogP contribution in [0, 0.1) is 6.92 Å². The fraction of sp³-hybridized carbons (Fsp3) is 0.280. The summed E-state index contributed by atoms with van der Waals surface area (Å²) in [6.45, 7) is 5.23. The van der Waals surface area contributed by atoms with Crippen molar-refractivity contribution in [3.63, 3.8) is 0 Å². The highest BCUT2D eigenvalue weighted by Gasteiger charge is 2.24. The zero-order valence-corrected chi connectivity index (χ0v) is 19.1. The van der Waals surface area contributed by atoms with Gasteiger partial charge in [-0.3, -0.25) is 4.79 Å². The molecule has 4 aromatic rings. The van der Waals surface area contributed by atoms with E-state index in [9.17, 15) is 4.79 Å². The number of anilines is 1. The Balaban J connectivity index is 1.35. The molecule has 32 heavy (non-hydrogen) atoms. The van der Waals surface area contributed by atoms with Crippen molar-refractivity contribution in [3.8, 4) is 11.4 Å². The van der Waals surface area contributed by atoms with E-state index in [0.29, 0.717) is 6.54 Å². The first kappa shape index (κ1) is 20.6. The molecule has 6 nitrogen and oxygen atoms in total. The number of amides is 1. The maximum Gasteiger partial charge on any atom is 0.264 e. The van der Waals surface area contributed by atoms with Crippen molar-refractivity contribution in [2.75, 3.05) is 38.2 Å². The monoisotopic (exact) mass is 446 g/mol. The number of methoxy groups -OCH3 is 1. The van der Waals surface area contributed by atoms with Gasteiger partial charge in [0.2, 0.25) is 0 Å². The molecule has 2 aromatic heterocycles. The van der Waals surface area contributed by atoms with E-state index in [1.165, 1.54) is 17.0 Å². The number of benzene rings is 2. The van der Waals surface area contributed by atoms with Gasteiger partial charge in [0.25, 0.3) is 5.91 Å². The van der Waals surface area contributed by atoms with Crippen LogP contribution in [-0.4, -0.2) is 53.9 Å². The lowest BCUT2D eigenvalue weighted by atomic mass is 10.2. The lowest BCUT2D eigenvalue weighted by molar-refractivity contribution is 0.0772. The number of carbonyl (C=O) groups is 1. The van der Waals surface area contributed by atoms with Crippen molar-refractivity contribution in [2.45, 2.75) is 13.3 Å². The van der Waals surface area contributed by atoms with Gasteiger partial charge in [0.05, 0.1) is 23.4 Å². The van der Waals surface area contributed by atoms with Crippen LogP contribution in [0.5, 0.6) is 5.75 Å². The molecule has 3 heterocycles. The summed E-state index contributed by atoms with van der Waals surface area (Å²) in [7, 11) is 1.68. The molecule has 1 saturated heterocycles. The molecular formula is C25H26N4O2S. The van der Waals surface area contributed by atoms with Crippen LogP contribution in [0.3, 0.4) is 0 Å². The van der Waals surface area contributed by atoms with E-state index in [1.54, 1.807) is 7.11 Å². The van der Waals surface area contributed by atoms with Crippen LogP contribution in [0.25, 0.3) is 15.9 Å². The summed E-state index contributed by atoms with van der Waals surface area (Å²) in [6.07, 6.45) is 0.944. The highest BCUT2D eigenvalue weighted by Crippen LogP contribution is 2.31. The average Bonchev–Trinajstić information content (AvgIpc) is 3.30. The predicted molar refractivity (Wildman–Crippen MR) is 129 cm³/mol. The first-order valence-corrected chi connectivity index (χ1v) is 11.7. The second kappa shape index (κ2) is 8.67. The van der Waals surface area contributed by atoms with Crippen LogP contribution in [0.1, 0.15) is 21.8 Å². The minimum atomic E-state index is 0.113. The van der Waals surface area contributed by atoms with E-state index in [2.05, 4.69) is 17.0 Å². The van der Waals surface area contributed by atoms with Crippen molar-refractivity contribution in [1.82, 2.24) is 14.7 Å². The minimum absolute atomic E-state index is 0.113. The third kappa shape index (κ3) is 3.84. The number of fused-ring (bicyclic) bond motifs is 1. The molecule has 0 N–H and O–H groups in total. The van der Waals surface area contributed by atoms with Gasteiger partial charge in [0.15, 0.2) is 0 Å². The molecule has 1 amide bonds. The Hall–Kier alpha value is -3.32. The van der Waals surface area contributed by atoms with Crippen molar-refractivity contribution in [2.24, 2.45) is 0 Å². The number of hydrogen-bond donors (Lipinski definition) is 0. The Morgan fingerprint density at radius 3 is 2.50 bits per heavy atom. The van der Waals surface area contributed by atoms with Gasteiger partial charge in [0.1, 0.15) is 10.6 Å². The minimum Gasteiger partial charge on any atom is -0.497 e. The second-order valence-corrected chi connectivity index (χ2v) is 9.02. The molecule has 0 atom stereocenters. The van der Waals surface area contributed by atoms with Crippen LogP contribution >= 0.6 is 11.3 Å². The Kier molecular flexibility index (Phi) is 5.57. The van der Waals surface area contributed by atoms with Gasteiger partial charge in [-0.15, -0.1) is 11.3 Å². The number of thiophene rings is 1. The van der Waals surface area contributed by atoms with Crippen molar-refractivity contribution < 1.29 is 9.53 Å². The summed E-state index contributed by atoms with van der Waals surface area (Å²) in [5.74, 6) is 0.969. The lowest BCUT2D eigenvalue weighted by Gasteiger charge is -2.23. The summed E-state index contributed by atoms with van der Waals surface area (Å²) < 4.78 is 7.21. The van der Waals surface area contributed by atoms with Gasteiger partial charge < -0.3 is 14.5 Å². The van der Waals surface area contributed by atoms with Crippen LogP contribution in [0.15, 0.2) is 60.7 Å². The van der Waals surface area contributed by atoms with E-state index < -0.39 is 0 Å². The summed E-state index contributed by atoms with van der Waals surface area (Å²) in [5, 5.41) is 5.74. The standard InChI is InChI=1S/C25H26N4O2S/c1-18-22-17-23(32-25(22)29(26-18)20-7-4-3-5-8-20)24(30)28-14-6-13-27(15-16-28)19-9-11-21(31-2)12-10-19/h3-5,7-12,17H,6,13-16H2,1-2H3. The third-order valence-corrected chi connectivity index (χ3v) is 7.08. The van der Waals surface area contributed by atoms with Crippen LogP contribution in [0.4, 0.5) is 5.69 Å². The average molecular weight is 447 g/mol. The molecule has 0 bridgehead atoms. The molecule has 0 spiro atoms. The Morgan fingerprint density at radius 1 is 0.969 bits per heavy atom. The van der Waals surface area contributed by atoms with Crippen molar-refractivity contribution in [1.29, 1.82) is 0 Å². The summed E-state index contributed by atoms with van der Waals surface area (Å²) in [5.41, 5.74) is 3.12. The molecular weight excluding hydrogens is 420 g/mol. The fourth-order valence-electron chi connectivity index (χ4n) is 4.22. The van der Waals surface area contributed by atoms with E-state index in [0.717, 1.165) is 58.3 Å². The predicted octanol–water partition coefficient (Wildman–Crippen LogP) is 4.76. The molecule has 1 aliphatic rings. The normalized spacial score (nSPS) is 14.6. The fourth-order valence-corrected chi connectivity index (χ4v) is 5.38. The van der Waals surface area contributed by atoms with Gasteiger partial charge in [-0.2, -0.15) is 5.10 Å². The van der Waals surface area contributed by atoms with Crippen LogP contribution in [-0.2, 0) is 0 Å². The van der Waals surface area contributed by atoms with E-state index in [-0.39, 0.29) is 5.91 Å².